The van der Waals surface area contributed by atoms with Gasteiger partial charge in [0.05, 0.1) is 18.7 Å². The predicted octanol–water partition coefficient (Wildman–Crippen LogP) is 3.10. The molecular weight excluding hydrogens is 297 g/mol. The molecule has 1 aromatic heterocycles. The van der Waals surface area contributed by atoms with Crippen LogP contribution in [0, 0.1) is 12.7 Å². The van der Waals surface area contributed by atoms with Crippen molar-refractivity contribution in [3.63, 3.8) is 0 Å². The number of halogens is 1. The van der Waals surface area contributed by atoms with Crippen LogP contribution in [0.25, 0.3) is 0 Å². The smallest absolute Gasteiger partial charge is 0.315 e. The Bertz CT molecular complexity index is 691. The highest BCUT2D eigenvalue weighted by Gasteiger charge is 2.18. The average molecular weight is 317 g/mol. The van der Waals surface area contributed by atoms with E-state index in [2.05, 4.69) is 15.6 Å². The summed E-state index contributed by atoms with van der Waals surface area (Å²) in [4.78, 5) is 16.2. The molecule has 0 spiro atoms. The maximum atomic E-state index is 14.0. The van der Waals surface area contributed by atoms with Gasteiger partial charge in [-0.3, -0.25) is 4.98 Å². The second-order valence-corrected chi connectivity index (χ2v) is 5.15. The predicted molar refractivity (Wildman–Crippen MR) is 85.7 cm³/mol. The zero-order valence-electron chi connectivity index (χ0n) is 13.4. The van der Waals surface area contributed by atoms with Crippen LogP contribution in [-0.2, 0) is 6.54 Å². The summed E-state index contributed by atoms with van der Waals surface area (Å²) < 4.78 is 19.1. The summed E-state index contributed by atoms with van der Waals surface area (Å²) in [6.45, 7) is 3.93. The minimum atomic E-state index is -0.527. The highest BCUT2D eigenvalue weighted by atomic mass is 19.1. The van der Waals surface area contributed by atoms with Crippen molar-refractivity contribution in [2.75, 3.05) is 7.11 Å². The molecule has 23 heavy (non-hydrogen) atoms. The number of ether oxygens (including phenoxy) is 1. The summed E-state index contributed by atoms with van der Waals surface area (Å²) in [6.07, 6.45) is 1.70. The number of methoxy groups -OCH3 is 1. The van der Waals surface area contributed by atoms with E-state index in [1.807, 2.05) is 19.1 Å². The van der Waals surface area contributed by atoms with Crippen molar-refractivity contribution in [1.29, 1.82) is 0 Å². The molecule has 0 radical (unpaired) electrons. The largest absolute Gasteiger partial charge is 0.496 e. The number of nitrogens with one attached hydrogen (secondary N) is 2. The van der Waals surface area contributed by atoms with Crippen LogP contribution in [-0.4, -0.2) is 18.1 Å². The van der Waals surface area contributed by atoms with Crippen molar-refractivity contribution in [3.8, 4) is 5.75 Å². The minimum absolute atomic E-state index is 0.322. The molecule has 2 aromatic rings. The topological polar surface area (TPSA) is 63.2 Å². The minimum Gasteiger partial charge on any atom is -0.496 e. The van der Waals surface area contributed by atoms with Crippen LogP contribution in [0.4, 0.5) is 9.18 Å². The number of amides is 2. The Morgan fingerprint density at radius 3 is 2.83 bits per heavy atom. The Morgan fingerprint density at radius 1 is 1.35 bits per heavy atom. The van der Waals surface area contributed by atoms with E-state index in [1.165, 1.54) is 13.2 Å². The first-order chi connectivity index (χ1) is 11.0. The highest BCUT2D eigenvalue weighted by Crippen LogP contribution is 2.27. The van der Waals surface area contributed by atoms with Gasteiger partial charge in [-0.05, 0) is 37.6 Å². The van der Waals surface area contributed by atoms with Crippen LogP contribution in [0.2, 0.25) is 0 Å². The number of pyridine rings is 1. The van der Waals surface area contributed by atoms with Gasteiger partial charge in [-0.1, -0.05) is 12.1 Å². The molecule has 0 bridgehead atoms. The van der Waals surface area contributed by atoms with Crippen LogP contribution in [0.5, 0.6) is 5.75 Å². The van der Waals surface area contributed by atoms with E-state index in [4.69, 9.17) is 4.74 Å². The molecule has 1 atom stereocenters. The standard InChI is InChI=1S/C17H20FN3O2/c1-11-13(6-5-9-19-11)10-20-17(22)21-12(2)16-14(18)7-4-8-15(16)23-3/h4-9,12H,10H2,1-3H3,(H2,20,21,22). The van der Waals surface area contributed by atoms with Gasteiger partial charge < -0.3 is 15.4 Å². The molecule has 0 fully saturated rings. The van der Waals surface area contributed by atoms with Crippen LogP contribution in [0.3, 0.4) is 0 Å². The fourth-order valence-electron chi connectivity index (χ4n) is 2.32. The first kappa shape index (κ1) is 16.7. The van der Waals surface area contributed by atoms with Gasteiger partial charge >= 0.3 is 6.03 Å². The Hall–Kier alpha value is -2.63. The lowest BCUT2D eigenvalue weighted by Crippen LogP contribution is -2.37. The first-order valence-corrected chi connectivity index (χ1v) is 7.30. The second-order valence-electron chi connectivity index (χ2n) is 5.15. The zero-order chi connectivity index (χ0) is 16.8. The van der Waals surface area contributed by atoms with Crippen molar-refractivity contribution in [3.05, 3.63) is 59.2 Å². The van der Waals surface area contributed by atoms with E-state index in [-0.39, 0.29) is 6.03 Å². The number of aromatic nitrogens is 1. The van der Waals surface area contributed by atoms with E-state index in [0.717, 1.165) is 11.3 Å². The van der Waals surface area contributed by atoms with E-state index < -0.39 is 11.9 Å². The third-order valence-electron chi connectivity index (χ3n) is 3.57. The number of benzene rings is 1. The van der Waals surface area contributed by atoms with Crippen molar-refractivity contribution in [2.45, 2.75) is 26.4 Å². The van der Waals surface area contributed by atoms with Crippen LogP contribution < -0.4 is 15.4 Å². The van der Waals surface area contributed by atoms with Gasteiger partial charge in [0.15, 0.2) is 0 Å². The van der Waals surface area contributed by atoms with Gasteiger partial charge in [0.25, 0.3) is 0 Å². The third kappa shape index (κ3) is 4.18. The molecule has 2 rings (SSSR count). The van der Waals surface area contributed by atoms with Gasteiger partial charge in [-0.15, -0.1) is 0 Å². The van der Waals surface area contributed by atoms with Gasteiger partial charge in [-0.25, -0.2) is 9.18 Å². The van der Waals surface area contributed by atoms with E-state index >= 15 is 0 Å². The van der Waals surface area contributed by atoms with Crippen molar-refractivity contribution in [2.24, 2.45) is 0 Å². The number of aryl methyl sites for hydroxylation is 1. The SMILES string of the molecule is COc1cccc(F)c1C(C)NC(=O)NCc1cccnc1C. The average Bonchev–Trinajstić information content (AvgIpc) is 2.53. The Kier molecular flexibility index (Phi) is 5.51. The summed E-state index contributed by atoms with van der Waals surface area (Å²) in [5.41, 5.74) is 2.11. The zero-order valence-corrected chi connectivity index (χ0v) is 13.4. The highest BCUT2D eigenvalue weighted by molar-refractivity contribution is 5.74. The number of hydrogen-bond donors (Lipinski definition) is 2. The first-order valence-electron chi connectivity index (χ1n) is 7.30. The number of hydrogen-bond acceptors (Lipinski definition) is 3. The fourth-order valence-corrected chi connectivity index (χ4v) is 2.32. The maximum Gasteiger partial charge on any atom is 0.315 e. The molecule has 1 aromatic carbocycles. The summed E-state index contributed by atoms with van der Waals surface area (Å²) in [7, 11) is 1.47. The van der Waals surface area contributed by atoms with E-state index in [0.29, 0.717) is 17.9 Å². The lowest BCUT2D eigenvalue weighted by Gasteiger charge is -2.18. The lowest BCUT2D eigenvalue weighted by molar-refractivity contribution is 0.237. The Morgan fingerprint density at radius 2 is 2.13 bits per heavy atom. The molecule has 6 heteroatoms. The van der Waals surface area contributed by atoms with Crippen molar-refractivity contribution in [1.82, 2.24) is 15.6 Å². The van der Waals surface area contributed by atoms with Gasteiger partial charge in [0, 0.05) is 18.4 Å². The number of carbonyl (C=O) groups is 1. The van der Waals surface area contributed by atoms with E-state index in [9.17, 15) is 9.18 Å². The lowest BCUT2D eigenvalue weighted by atomic mass is 10.1. The molecule has 0 aliphatic rings. The Labute approximate surface area is 134 Å². The second kappa shape index (κ2) is 7.58. The third-order valence-corrected chi connectivity index (χ3v) is 3.57. The van der Waals surface area contributed by atoms with Crippen LogP contribution in [0.1, 0.15) is 29.8 Å². The molecular formula is C17H20FN3O2. The van der Waals surface area contributed by atoms with Crippen molar-refractivity contribution < 1.29 is 13.9 Å². The normalized spacial score (nSPS) is 11.7. The molecule has 1 unspecified atom stereocenters. The fraction of sp³-hybridized carbons (Fsp3) is 0.294. The molecule has 2 amide bonds. The molecule has 0 aliphatic heterocycles. The summed E-state index contributed by atoms with van der Waals surface area (Å²) in [6, 6.07) is 7.36. The number of carbonyl (C=O) groups excluding carboxylic acids is 1. The molecule has 1 heterocycles. The number of nitrogens with zero attached hydrogens (tertiary/aromatic N) is 1. The van der Waals surface area contributed by atoms with Gasteiger partial charge in [0.2, 0.25) is 0 Å². The maximum absolute atomic E-state index is 14.0. The molecule has 5 nitrogen and oxygen atoms in total. The molecule has 0 saturated carbocycles. The summed E-state index contributed by atoms with van der Waals surface area (Å²) in [5, 5.41) is 5.46. The molecule has 2 N–H and O–H groups in total. The van der Waals surface area contributed by atoms with E-state index in [1.54, 1.807) is 25.3 Å². The molecule has 122 valence electrons. The molecule has 0 saturated heterocycles. The monoisotopic (exact) mass is 317 g/mol. The van der Waals surface area contributed by atoms with Gasteiger partial charge in [0.1, 0.15) is 11.6 Å². The number of urea groups is 1. The summed E-state index contributed by atoms with van der Waals surface area (Å²) >= 11 is 0. The van der Waals surface area contributed by atoms with Crippen LogP contribution in [0.15, 0.2) is 36.5 Å². The van der Waals surface area contributed by atoms with Gasteiger partial charge in [-0.2, -0.15) is 0 Å². The quantitative estimate of drug-likeness (QED) is 0.890. The Balaban J connectivity index is 1.99. The van der Waals surface area contributed by atoms with Crippen molar-refractivity contribution >= 4 is 6.03 Å². The number of rotatable bonds is 5. The molecule has 0 aliphatic carbocycles. The summed E-state index contributed by atoms with van der Waals surface area (Å²) in [5.74, 6) is -0.0128. The van der Waals surface area contributed by atoms with Crippen LogP contribution >= 0.6 is 0 Å².